The van der Waals surface area contributed by atoms with E-state index in [0.29, 0.717) is 0 Å². The summed E-state index contributed by atoms with van der Waals surface area (Å²) in [6, 6.07) is 3.17. The Balaban J connectivity index is 3.00. The summed E-state index contributed by atoms with van der Waals surface area (Å²) in [6.45, 7) is 1.35. The number of benzene rings is 1. The molecule has 0 aliphatic heterocycles. The number of anilines is 2. The number of carbonyl (C=O) groups excluding carboxylic acids is 1. The number of nitrogens with one attached hydrogen (secondary N) is 2. The minimum Gasteiger partial charge on any atom is -0.465 e. The molecule has 1 rings (SSSR count). The van der Waals surface area contributed by atoms with Crippen molar-refractivity contribution in [2.24, 2.45) is 0 Å². The van der Waals surface area contributed by atoms with Crippen LogP contribution < -0.4 is 16.4 Å². The molecule has 0 fully saturated rings. The molecular formula is C11H15N3O5S. The zero-order valence-electron chi connectivity index (χ0n) is 10.9. The van der Waals surface area contributed by atoms with Gasteiger partial charge in [-0.1, -0.05) is 6.07 Å². The van der Waals surface area contributed by atoms with Gasteiger partial charge in [0.25, 0.3) is 0 Å². The molecule has 0 heterocycles. The number of sulfone groups is 1. The second-order valence-corrected chi connectivity index (χ2v) is 6.13. The Morgan fingerprint density at radius 3 is 2.45 bits per heavy atom. The molecule has 9 heteroatoms. The Bertz CT molecular complexity index is 641. The maximum absolute atomic E-state index is 11.7. The van der Waals surface area contributed by atoms with Gasteiger partial charge in [0, 0.05) is 6.26 Å². The van der Waals surface area contributed by atoms with Crippen LogP contribution in [0.25, 0.3) is 0 Å². The van der Waals surface area contributed by atoms with Gasteiger partial charge in [0.2, 0.25) is 5.91 Å². The Labute approximate surface area is 115 Å². The average molecular weight is 301 g/mol. The number of para-hydroxylation sites is 1. The molecule has 0 saturated carbocycles. The number of nitrogens with two attached hydrogens (primary N) is 1. The van der Waals surface area contributed by atoms with Crippen molar-refractivity contribution in [1.29, 1.82) is 0 Å². The molecule has 1 aromatic rings. The van der Waals surface area contributed by atoms with Crippen LogP contribution in [0.5, 0.6) is 0 Å². The highest BCUT2D eigenvalue weighted by atomic mass is 32.2. The quantitative estimate of drug-likeness (QED) is 0.589. The average Bonchev–Trinajstić information content (AvgIpc) is 2.29. The molecule has 0 radical (unpaired) electrons. The summed E-state index contributed by atoms with van der Waals surface area (Å²) in [5.41, 5.74) is 5.71. The lowest BCUT2D eigenvalue weighted by atomic mass is 10.2. The Morgan fingerprint density at radius 1 is 1.35 bits per heavy atom. The molecule has 0 spiro atoms. The van der Waals surface area contributed by atoms with E-state index < -0.39 is 27.9 Å². The lowest BCUT2D eigenvalue weighted by Gasteiger charge is -2.14. The summed E-state index contributed by atoms with van der Waals surface area (Å²) in [6.07, 6.45) is -0.343. The fraction of sp³-hybridized carbons (Fsp3) is 0.273. The summed E-state index contributed by atoms with van der Waals surface area (Å²) in [5, 5.41) is 12.9. The second-order valence-electron chi connectivity index (χ2n) is 4.15. The number of nitrogen functional groups attached to an aromatic ring is 1. The predicted octanol–water partition coefficient (Wildman–Crippen LogP) is 0.267. The first-order chi connectivity index (χ1) is 9.12. The standard InChI is InChI=1S/C11H15N3O5S/c1-6(13-11(16)17)10(15)14-7-4-3-5-8(9(7)12)20(2,18)19/h3-6,13H,12H2,1-2H3,(H,14,15)(H,16,17)/t6-/m0/s1. The van der Waals surface area contributed by atoms with Crippen LogP contribution >= 0.6 is 0 Å². The van der Waals surface area contributed by atoms with Crippen molar-refractivity contribution in [1.82, 2.24) is 5.32 Å². The summed E-state index contributed by atoms with van der Waals surface area (Å²) in [7, 11) is -3.52. The van der Waals surface area contributed by atoms with Crippen molar-refractivity contribution in [2.75, 3.05) is 17.3 Å². The van der Waals surface area contributed by atoms with Crippen LogP contribution in [0, 0.1) is 0 Å². The van der Waals surface area contributed by atoms with Crippen LogP contribution in [0.2, 0.25) is 0 Å². The fourth-order valence-corrected chi connectivity index (χ4v) is 2.30. The summed E-state index contributed by atoms with van der Waals surface area (Å²) < 4.78 is 23.0. The Morgan fingerprint density at radius 2 is 1.95 bits per heavy atom. The Hall–Kier alpha value is -2.29. The minimum atomic E-state index is -3.52. The van der Waals surface area contributed by atoms with Gasteiger partial charge in [0.15, 0.2) is 9.84 Å². The van der Waals surface area contributed by atoms with Gasteiger partial charge in [-0.2, -0.15) is 0 Å². The molecule has 20 heavy (non-hydrogen) atoms. The van der Waals surface area contributed by atoms with Crippen LogP contribution in [0.15, 0.2) is 23.1 Å². The van der Waals surface area contributed by atoms with Crippen LogP contribution in [-0.4, -0.2) is 37.8 Å². The molecule has 8 nitrogen and oxygen atoms in total. The van der Waals surface area contributed by atoms with Crippen molar-refractivity contribution in [2.45, 2.75) is 17.9 Å². The van der Waals surface area contributed by atoms with E-state index in [9.17, 15) is 18.0 Å². The molecule has 0 aromatic heterocycles. The molecule has 0 aliphatic carbocycles. The van der Waals surface area contributed by atoms with Crippen LogP contribution in [-0.2, 0) is 14.6 Å². The Kier molecular flexibility index (Phi) is 4.56. The number of rotatable bonds is 4. The number of carbonyl (C=O) groups is 2. The minimum absolute atomic E-state index is 0.0918. The van der Waals surface area contributed by atoms with Gasteiger partial charge in [-0.05, 0) is 19.1 Å². The fourth-order valence-electron chi connectivity index (χ4n) is 1.47. The number of hydrogen-bond donors (Lipinski definition) is 4. The van der Waals surface area contributed by atoms with Gasteiger partial charge in [-0.3, -0.25) is 4.79 Å². The SMILES string of the molecule is C[C@H](NC(=O)O)C(=O)Nc1cccc(S(C)(=O)=O)c1N. The molecule has 2 amide bonds. The molecule has 0 unspecified atom stereocenters. The molecule has 0 aliphatic rings. The van der Waals surface area contributed by atoms with Gasteiger partial charge in [-0.25, -0.2) is 13.2 Å². The largest absolute Gasteiger partial charge is 0.465 e. The lowest BCUT2D eigenvalue weighted by molar-refractivity contribution is -0.117. The first kappa shape index (κ1) is 15.8. The predicted molar refractivity (Wildman–Crippen MR) is 73.2 cm³/mol. The summed E-state index contributed by atoms with van der Waals surface area (Å²) >= 11 is 0. The van der Waals surface area contributed by atoms with Crippen molar-refractivity contribution in [3.8, 4) is 0 Å². The molecule has 110 valence electrons. The third-order valence-electron chi connectivity index (χ3n) is 2.46. The van der Waals surface area contributed by atoms with Gasteiger partial charge < -0.3 is 21.5 Å². The first-order valence-electron chi connectivity index (χ1n) is 5.51. The van der Waals surface area contributed by atoms with E-state index in [1.54, 1.807) is 0 Å². The molecule has 1 atom stereocenters. The first-order valence-corrected chi connectivity index (χ1v) is 7.41. The van der Waals surface area contributed by atoms with Crippen molar-refractivity contribution in [3.63, 3.8) is 0 Å². The molecular weight excluding hydrogens is 286 g/mol. The van der Waals surface area contributed by atoms with E-state index in [0.717, 1.165) is 6.26 Å². The van der Waals surface area contributed by atoms with Crippen LogP contribution in [0.1, 0.15) is 6.92 Å². The zero-order valence-corrected chi connectivity index (χ0v) is 11.7. The molecule has 0 saturated heterocycles. The molecule has 0 bridgehead atoms. The van der Waals surface area contributed by atoms with Crippen LogP contribution in [0.3, 0.4) is 0 Å². The topological polar surface area (TPSA) is 139 Å². The number of carboxylic acid groups (broad SMARTS) is 1. The third kappa shape index (κ3) is 3.85. The van der Waals surface area contributed by atoms with Crippen molar-refractivity contribution < 1.29 is 23.1 Å². The van der Waals surface area contributed by atoms with Crippen molar-refractivity contribution in [3.05, 3.63) is 18.2 Å². The zero-order chi connectivity index (χ0) is 15.5. The number of amides is 2. The van der Waals surface area contributed by atoms with E-state index >= 15 is 0 Å². The summed E-state index contributed by atoms with van der Waals surface area (Å²) in [4.78, 5) is 22.0. The number of hydrogen-bond acceptors (Lipinski definition) is 5. The summed E-state index contributed by atoms with van der Waals surface area (Å²) in [5.74, 6) is -0.648. The van der Waals surface area contributed by atoms with E-state index in [1.807, 2.05) is 5.32 Å². The van der Waals surface area contributed by atoms with Gasteiger partial charge in [0.1, 0.15) is 6.04 Å². The maximum atomic E-state index is 11.7. The highest BCUT2D eigenvalue weighted by molar-refractivity contribution is 7.90. The highest BCUT2D eigenvalue weighted by Crippen LogP contribution is 2.26. The smallest absolute Gasteiger partial charge is 0.405 e. The molecule has 5 N–H and O–H groups in total. The van der Waals surface area contributed by atoms with E-state index in [4.69, 9.17) is 10.8 Å². The normalized spacial score (nSPS) is 12.5. The van der Waals surface area contributed by atoms with Gasteiger partial charge in [0.05, 0.1) is 16.3 Å². The van der Waals surface area contributed by atoms with Crippen LogP contribution in [0.4, 0.5) is 16.2 Å². The maximum Gasteiger partial charge on any atom is 0.405 e. The second kappa shape index (κ2) is 5.78. The van der Waals surface area contributed by atoms with Gasteiger partial charge >= 0.3 is 6.09 Å². The highest BCUT2D eigenvalue weighted by Gasteiger charge is 2.19. The lowest BCUT2D eigenvalue weighted by Crippen LogP contribution is -2.40. The van der Waals surface area contributed by atoms with E-state index in [1.165, 1.54) is 25.1 Å². The monoisotopic (exact) mass is 301 g/mol. The van der Waals surface area contributed by atoms with E-state index in [2.05, 4.69) is 5.32 Å². The van der Waals surface area contributed by atoms with E-state index in [-0.39, 0.29) is 16.3 Å². The third-order valence-corrected chi connectivity index (χ3v) is 3.61. The van der Waals surface area contributed by atoms with Gasteiger partial charge in [-0.15, -0.1) is 0 Å². The molecule has 1 aromatic carbocycles. The van der Waals surface area contributed by atoms with Crippen molar-refractivity contribution >= 4 is 33.2 Å².